The Morgan fingerprint density at radius 1 is 1.06 bits per heavy atom. The maximum absolute atomic E-state index is 13.7. The van der Waals surface area contributed by atoms with E-state index in [4.69, 9.17) is 28.3 Å². The predicted molar refractivity (Wildman–Crippen MR) is 140 cm³/mol. The van der Waals surface area contributed by atoms with Crippen LogP contribution in [0, 0.1) is 5.92 Å². The van der Waals surface area contributed by atoms with Crippen LogP contribution in [0.5, 0.6) is 0 Å². The van der Waals surface area contributed by atoms with Gasteiger partial charge in [-0.25, -0.2) is 0 Å². The molecule has 0 spiro atoms. The highest BCUT2D eigenvalue weighted by atomic mass is 35.5. The molecule has 0 saturated heterocycles. The molecule has 8 heteroatoms. The summed E-state index contributed by atoms with van der Waals surface area (Å²) in [6, 6.07) is 12.5. The van der Waals surface area contributed by atoms with Gasteiger partial charge in [0.05, 0.1) is 12.1 Å². The Kier molecular flexibility index (Phi) is 9.35. The number of carbonyl (C=O) groups excluding carboxylic acids is 2. The van der Waals surface area contributed by atoms with Gasteiger partial charge in [-0.2, -0.15) is 0 Å². The van der Waals surface area contributed by atoms with Crippen molar-refractivity contribution in [3.05, 3.63) is 69.3 Å². The first-order chi connectivity index (χ1) is 16.7. The van der Waals surface area contributed by atoms with Gasteiger partial charge in [0.15, 0.2) is 5.78 Å². The molecule has 35 heavy (non-hydrogen) atoms. The zero-order valence-electron chi connectivity index (χ0n) is 19.9. The Morgan fingerprint density at radius 3 is 2.51 bits per heavy atom. The van der Waals surface area contributed by atoms with Crippen LogP contribution in [-0.4, -0.2) is 33.9 Å². The quantitative estimate of drug-likeness (QED) is 0.218. The second kappa shape index (κ2) is 12.2. The number of aryl methyl sites for hydroxylation is 1. The Bertz CT molecular complexity index is 1240. The highest BCUT2D eigenvalue weighted by Gasteiger charge is 2.25. The minimum absolute atomic E-state index is 0.0395. The number of nitrogens with one attached hydrogen (secondary N) is 1. The third-order valence-electron chi connectivity index (χ3n) is 6.19. The SMILES string of the molecule is CCCCCC(Cc1ccc(C(=O)NCCC(=O)O)cc1Cl)C(=O)c1cc2cc(Cl)ccc2n1C. The minimum atomic E-state index is -0.980. The summed E-state index contributed by atoms with van der Waals surface area (Å²) >= 11 is 12.7. The first-order valence-electron chi connectivity index (χ1n) is 11.8. The van der Waals surface area contributed by atoms with Gasteiger partial charge in [-0.1, -0.05) is 55.5 Å². The van der Waals surface area contributed by atoms with E-state index in [2.05, 4.69) is 12.2 Å². The molecule has 0 radical (unpaired) electrons. The molecular formula is C27H30Cl2N2O4. The number of carboxylic acid groups (broad SMARTS) is 1. The van der Waals surface area contributed by atoms with Gasteiger partial charge in [-0.15, -0.1) is 0 Å². The molecule has 6 nitrogen and oxygen atoms in total. The molecule has 186 valence electrons. The minimum Gasteiger partial charge on any atom is -0.481 e. The number of carboxylic acids is 1. The first kappa shape index (κ1) is 26.8. The summed E-state index contributed by atoms with van der Waals surface area (Å²) in [6.07, 6.45) is 4.08. The van der Waals surface area contributed by atoms with E-state index in [0.717, 1.165) is 42.1 Å². The van der Waals surface area contributed by atoms with Crippen LogP contribution in [0.4, 0.5) is 0 Å². The number of aromatic nitrogens is 1. The smallest absolute Gasteiger partial charge is 0.305 e. The third kappa shape index (κ3) is 6.86. The van der Waals surface area contributed by atoms with Gasteiger partial charge in [0.2, 0.25) is 0 Å². The summed E-state index contributed by atoms with van der Waals surface area (Å²) in [4.78, 5) is 36.6. The molecule has 0 fully saturated rings. The average molecular weight is 517 g/mol. The summed E-state index contributed by atoms with van der Waals surface area (Å²) < 4.78 is 1.91. The lowest BCUT2D eigenvalue weighted by atomic mass is 9.88. The molecular weight excluding hydrogens is 487 g/mol. The summed E-state index contributed by atoms with van der Waals surface area (Å²) in [5.74, 6) is -1.56. The van der Waals surface area contributed by atoms with Crippen molar-refractivity contribution in [2.45, 2.75) is 45.4 Å². The van der Waals surface area contributed by atoms with E-state index >= 15 is 0 Å². The van der Waals surface area contributed by atoms with Crippen LogP contribution < -0.4 is 5.32 Å². The Morgan fingerprint density at radius 2 is 1.83 bits per heavy atom. The molecule has 0 saturated carbocycles. The summed E-state index contributed by atoms with van der Waals surface area (Å²) in [5, 5.41) is 13.3. The first-order valence-corrected chi connectivity index (χ1v) is 12.5. The number of nitrogens with zero attached hydrogens (tertiary/aromatic N) is 1. The molecule has 1 heterocycles. The van der Waals surface area contributed by atoms with Gasteiger partial charge < -0.3 is 15.0 Å². The standard InChI is InChI=1S/C27H30Cl2N2O4/c1-3-4-5-6-18(26(34)24-16-20-14-21(28)9-10-23(20)31(24)2)13-17-7-8-19(15-22(17)29)27(35)30-12-11-25(32)33/h7-10,14-16,18H,3-6,11-13H2,1-2H3,(H,30,35)(H,32,33). The number of hydrogen-bond acceptors (Lipinski definition) is 3. The van der Waals surface area contributed by atoms with Crippen LogP contribution in [0.2, 0.25) is 10.0 Å². The van der Waals surface area contributed by atoms with Crippen molar-refractivity contribution in [2.24, 2.45) is 13.0 Å². The lowest BCUT2D eigenvalue weighted by Gasteiger charge is -2.18. The molecule has 0 aliphatic rings. The van der Waals surface area contributed by atoms with Crippen LogP contribution in [0.1, 0.15) is 65.4 Å². The van der Waals surface area contributed by atoms with Crippen molar-refractivity contribution in [1.82, 2.24) is 9.88 Å². The average Bonchev–Trinajstić information content (AvgIpc) is 3.14. The van der Waals surface area contributed by atoms with E-state index in [1.165, 1.54) is 0 Å². The predicted octanol–water partition coefficient (Wildman–Crippen LogP) is 6.31. The molecule has 1 aromatic heterocycles. The number of amides is 1. The van der Waals surface area contributed by atoms with E-state index in [9.17, 15) is 14.4 Å². The van der Waals surface area contributed by atoms with Gasteiger partial charge >= 0.3 is 5.97 Å². The fraction of sp³-hybridized carbons (Fsp3) is 0.370. The van der Waals surface area contributed by atoms with E-state index in [1.807, 2.05) is 35.9 Å². The maximum atomic E-state index is 13.7. The van der Waals surface area contributed by atoms with Crippen molar-refractivity contribution in [1.29, 1.82) is 0 Å². The Hall–Kier alpha value is -2.83. The van der Waals surface area contributed by atoms with Gasteiger partial charge in [0.25, 0.3) is 5.91 Å². The molecule has 0 aliphatic carbocycles. The van der Waals surface area contributed by atoms with Gasteiger partial charge in [-0.05, 0) is 54.8 Å². The number of unbranched alkanes of at least 4 members (excludes halogenated alkanes) is 2. The molecule has 2 aromatic carbocycles. The molecule has 0 bridgehead atoms. The third-order valence-corrected chi connectivity index (χ3v) is 6.78. The number of hydrogen-bond donors (Lipinski definition) is 2. The van der Waals surface area contributed by atoms with Crippen molar-refractivity contribution in [3.63, 3.8) is 0 Å². The number of Topliss-reactive ketones (excluding diaryl/α,β-unsaturated/α-hetero) is 1. The molecule has 1 atom stereocenters. The van der Waals surface area contributed by atoms with Gasteiger partial charge in [0, 0.05) is 46.0 Å². The van der Waals surface area contributed by atoms with Crippen molar-refractivity contribution in [2.75, 3.05) is 6.54 Å². The van der Waals surface area contributed by atoms with Gasteiger partial charge in [0.1, 0.15) is 0 Å². The molecule has 3 aromatic rings. The second-order valence-corrected chi connectivity index (χ2v) is 9.60. The molecule has 1 unspecified atom stereocenters. The molecule has 0 aliphatic heterocycles. The lowest BCUT2D eigenvalue weighted by molar-refractivity contribution is -0.136. The van der Waals surface area contributed by atoms with E-state index in [1.54, 1.807) is 18.2 Å². The van der Waals surface area contributed by atoms with E-state index < -0.39 is 5.97 Å². The number of carbonyl (C=O) groups is 3. The number of fused-ring (bicyclic) bond motifs is 1. The van der Waals surface area contributed by atoms with Crippen LogP contribution >= 0.6 is 23.2 Å². The van der Waals surface area contributed by atoms with E-state index in [-0.39, 0.29) is 30.6 Å². The number of ketones is 1. The highest BCUT2D eigenvalue weighted by molar-refractivity contribution is 6.32. The maximum Gasteiger partial charge on any atom is 0.305 e. The molecule has 2 N–H and O–H groups in total. The Balaban J connectivity index is 1.81. The van der Waals surface area contributed by atoms with Crippen molar-refractivity contribution in [3.8, 4) is 0 Å². The largest absolute Gasteiger partial charge is 0.481 e. The van der Waals surface area contributed by atoms with Crippen LogP contribution in [0.15, 0.2) is 42.5 Å². The van der Waals surface area contributed by atoms with Crippen molar-refractivity contribution < 1.29 is 19.5 Å². The van der Waals surface area contributed by atoms with Gasteiger partial charge in [-0.3, -0.25) is 14.4 Å². The van der Waals surface area contributed by atoms with Crippen LogP contribution in [0.25, 0.3) is 10.9 Å². The lowest BCUT2D eigenvalue weighted by Crippen LogP contribution is -2.26. The number of benzene rings is 2. The summed E-state index contributed by atoms with van der Waals surface area (Å²) in [7, 11) is 1.89. The van der Waals surface area contributed by atoms with Crippen molar-refractivity contribution >= 4 is 51.8 Å². The van der Waals surface area contributed by atoms with E-state index in [0.29, 0.717) is 27.7 Å². The van der Waals surface area contributed by atoms with Crippen LogP contribution in [-0.2, 0) is 18.3 Å². The summed E-state index contributed by atoms with van der Waals surface area (Å²) in [6.45, 7) is 2.17. The zero-order chi connectivity index (χ0) is 25.5. The normalized spacial score (nSPS) is 12.0. The Labute approximate surface area is 215 Å². The number of rotatable bonds is 12. The molecule has 3 rings (SSSR count). The second-order valence-electron chi connectivity index (χ2n) is 8.76. The number of halogens is 2. The monoisotopic (exact) mass is 516 g/mol. The zero-order valence-corrected chi connectivity index (χ0v) is 21.5. The fourth-order valence-corrected chi connectivity index (χ4v) is 4.68. The summed E-state index contributed by atoms with van der Waals surface area (Å²) in [5.41, 5.74) is 2.73. The number of aliphatic carboxylic acids is 1. The molecule has 1 amide bonds. The fourth-order valence-electron chi connectivity index (χ4n) is 4.24. The highest BCUT2D eigenvalue weighted by Crippen LogP contribution is 2.29. The van der Waals surface area contributed by atoms with Crippen LogP contribution in [0.3, 0.4) is 0 Å². The topological polar surface area (TPSA) is 88.4 Å².